The first-order valence-electron chi connectivity index (χ1n) is 13.5. The van der Waals surface area contributed by atoms with E-state index in [1.807, 2.05) is 43.3 Å². The van der Waals surface area contributed by atoms with Crippen molar-refractivity contribution in [3.63, 3.8) is 0 Å². The quantitative estimate of drug-likeness (QED) is 0.205. The summed E-state index contributed by atoms with van der Waals surface area (Å²) in [5.74, 6) is -0.462. The highest BCUT2D eigenvalue weighted by Crippen LogP contribution is 2.40. The number of rotatable bonds is 9. The van der Waals surface area contributed by atoms with E-state index in [9.17, 15) is 14.7 Å². The third kappa shape index (κ3) is 6.39. The Labute approximate surface area is 248 Å². The molecule has 0 aliphatic carbocycles. The monoisotopic (exact) mass is 579 g/mol. The Morgan fingerprint density at radius 2 is 1.62 bits per heavy atom. The van der Waals surface area contributed by atoms with Crippen LogP contribution in [0.1, 0.15) is 35.3 Å². The van der Waals surface area contributed by atoms with Gasteiger partial charge in [-0.15, -0.1) is 0 Å². The molecule has 4 aromatic carbocycles. The summed E-state index contributed by atoms with van der Waals surface area (Å²) < 4.78 is 17.2. The molecule has 7 nitrogen and oxygen atoms in total. The van der Waals surface area contributed by atoms with Gasteiger partial charge in [-0.3, -0.25) is 4.79 Å². The number of aliphatic hydroxyl groups excluding tert-OH is 1. The molecule has 1 N–H and O–H groups in total. The first-order chi connectivity index (χ1) is 20.5. The fourth-order valence-corrected chi connectivity index (χ4v) is 5.47. The second kappa shape index (κ2) is 13.2. The lowest BCUT2D eigenvalue weighted by Crippen LogP contribution is -2.14. The Morgan fingerprint density at radius 3 is 2.40 bits per heavy atom. The molecule has 8 heteroatoms. The normalized spacial score (nSPS) is 14.9. The molecule has 0 unspecified atom stereocenters. The molecule has 5 rings (SSSR count). The SMILES string of the molecule is CCOC(=O)C1=C(O)/C(=C\c2ccc(OCc3cccc4ccccc34)c(OCC)c2)SC1=NC(=O)c1ccccc1. The summed E-state index contributed by atoms with van der Waals surface area (Å²) in [4.78, 5) is 30.0. The van der Waals surface area contributed by atoms with Gasteiger partial charge in [0.15, 0.2) is 11.5 Å². The molecule has 0 fully saturated rings. The molecule has 1 aliphatic rings. The summed E-state index contributed by atoms with van der Waals surface area (Å²) in [7, 11) is 0. The molecule has 1 heterocycles. The Morgan fingerprint density at radius 1 is 0.857 bits per heavy atom. The number of hydrogen-bond donors (Lipinski definition) is 1. The van der Waals surface area contributed by atoms with Crippen molar-refractivity contribution in [1.82, 2.24) is 0 Å². The maximum atomic E-state index is 12.8. The van der Waals surface area contributed by atoms with Crippen LogP contribution in [0.15, 0.2) is 112 Å². The number of benzene rings is 4. The Hall–Kier alpha value is -4.82. The minimum absolute atomic E-state index is 0.0751. The summed E-state index contributed by atoms with van der Waals surface area (Å²) in [6.07, 6.45) is 1.70. The molecule has 0 aromatic heterocycles. The first-order valence-corrected chi connectivity index (χ1v) is 14.3. The Bertz CT molecular complexity index is 1720. The van der Waals surface area contributed by atoms with Gasteiger partial charge in [-0.05, 0) is 66.1 Å². The number of carbonyl (C=O) groups is 2. The van der Waals surface area contributed by atoms with E-state index in [-0.39, 0.29) is 23.0 Å². The minimum Gasteiger partial charge on any atom is -0.506 e. The van der Waals surface area contributed by atoms with E-state index >= 15 is 0 Å². The summed E-state index contributed by atoms with van der Waals surface area (Å²) in [5, 5.41) is 13.4. The van der Waals surface area contributed by atoms with Crippen LogP contribution in [-0.2, 0) is 16.1 Å². The number of esters is 1. The third-order valence-electron chi connectivity index (χ3n) is 6.42. The zero-order valence-electron chi connectivity index (χ0n) is 23.2. The predicted molar refractivity (Wildman–Crippen MR) is 166 cm³/mol. The zero-order chi connectivity index (χ0) is 29.5. The zero-order valence-corrected chi connectivity index (χ0v) is 24.0. The molecule has 0 saturated carbocycles. The summed E-state index contributed by atoms with van der Waals surface area (Å²) in [6.45, 7) is 4.45. The molecule has 4 aromatic rings. The van der Waals surface area contributed by atoms with Crippen molar-refractivity contribution in [1.29, 1.82) is 0 Å². The molecule has 0 radical (unpaired) electrons. The van der Waals surface area contributed by atoms with Gasteiger partial charge in [0.2, 0.25) is 0 Å². The molecule has 212 valence electrons. The van der Waals surface area contributed by atoms with Crippen molar-refractivity contribution >= 4 is 45.5 Å². The molecule has 0 atom stereocenters. The standard InChI is InChI=1S/C34H29NO6S/c1-3-39-28-19-22(17-18-27(28)41-21-25-15-10-14-23-11-8-9-16-26(23)25)20-29-31(36)30(34(38)40-4-2)33(42-29)35-32(37)24-12-6-5-7-13-24/h5-20,36H,3-4,21H2,1-2H3/b29-20+,35-33?. The maximum Gasteiger partial charge on any atom is 0.344 e. The van der Waals surface area contributed by atoms with Crippen LogP contribution in [0.5, 0.6) is 11.5 Å². The molecule has 0 spiro atoms. The molecular formula is C34H29NO6S. The molecule has 1 amide bonds. The Kier molecular flexibility index (Phi) is 9.04. The van der Waals surface area contributed by atoms with Crippen molar-refractivity contribution in [2.75, 3.05) is 13.2 Å². The lowest BCUT2D eigenvalue weighted by atomic mass is 10.1. The number of aliphatic imine (C=N–C) groups is 1. The Balaban J connectivity index is 1.43. The van der Waals surface area contributed by atoms with Crippen LogP contribution in [0.25, 0.3) is 16.8 Å². The lowest BCUT2D eigenvalue weighted by Gasteiger charge is -2.14. The first kappa shape index (κ1) is 28.7. The number of ether oxygens (including phenoxy) is 3. The number of thioether (sulfide) groups is 1. The van der Waals surface area contributed by atoms with Gasteiger partial charge in [-0.1, -0.05) is 78.5 Å². The van der Waals surface area contributed by atoms with Gasteiger partial charge in [0.25, 0.3) is 5.91 Å². The molecular weight excluding hydrogens is 550 g/mol. The number of amides is 1. The summed E-state index contributed by atoms with van der Waals surface area (Å²) in [5.41, 5.74) is 1.98. The van der Waals surface area contributed by atoms with E-state index in [1.165, 1.54) is 0 Å². The number of carbonyl (C=O) groups excluding carboxylic acids is 2. The highest BCUT2D eigenvalue weighted by molar-refractivity contribution is 8.18. The highest BCUT2D eigenvalue weighted by Gasteiger charge is 2.34. The topological polar surface area (TPSA) is 94.4 Å². The molecule has 0 saturated heterocycles. The lowest BCUT2D eigenvalue weighted by molar-refractivity contribution is -0.138. The summed E-state index contributed by atoms with van der Waals surface area (Å²) in [6, 6.07) is 28.2. The van der Waals surface area contributed by atoms with Crippen LogP contribution >= 0.6 is 11.8 Å². The van der Waals surface area contributed by atoms with Gasteiger partial charge in [-0.2, -0.15) is 0 Å². The predicted octanol–water partition coefficient (Wildman–Crippen LogP) is 7.52. The van der Waals surface area contributed by atoms with Crippen molar-refractivity contribution in [2.24, 2.45) is 4.99 Å². The van der Waals surface area contributed by atoms with Crippen LogP contribution in [0.4, 0.5) is 0 Å². The van der Waals surface area contributed by atoms with E-state index in [0.29, 0.717) is 40.7 Å². The van der Waals surface area contributed by atoms with Gasteiger partial charge in [0, 0.05) is 5.56 Å². The van der Waals surface area contributed by atoms with Crippen LogP contribution < -0.4 is 9.47 Å². The van der Waals surface area contributed by atoms with Crippen molar-refractivity contribution in [3.05, 3.63) is 124 Å². The third-order valence-corrected chi connectivity index (χ3v) is 7.44. The average molecular weight is 580 g/mol. The van der Waals surface area contributed by atoms with Crippen LogP contribution in [0.3, 0.4) is 0 Å². The van der Waals surface area contributed by atoms with E-state index in [0.717, 1.165) is 28.1 Å². The smallest absolute Gasteiger partial charge is 0.344 e. The van der Waals surface area contributed by atoms with Crippen molar-refractivity contribution in [2.45, 2.75) is 20.5 Å². The highest BCUT2D eigenvalue weighted by atomic mass is 32.2. The molecule has 42 heavy (non-hydrogen) atoms. The fourth-order valence-electron chi connectivity index (χ4n) is 4.46. The maximum absolute atomic E-state index is 12.8. The summed E-state index contributed by atoms with van der Waals surface area (Å²) >= 11 is 1.02. The van der Waals surface area contributed by atoms with Crippen LogP contribution in [0.2, 0.25) is 0 Å². The number of hydrogen-bond acceptors (Lipinski definition) is 7. The van der Waals surface area contributed by atoms with Crippen molar-refractivity contribution < 1.29 is 28.9 Å². The average Bonchev–Trinajstić information content (AvgIpc) is 3.31. The van der Waals surface area contributed by atoms with E-state index in [4.69, 9.17) is 14.2 Å². The second-order valence-corrected chi connectivity index (χ2v) is 10.2. The van der Waals surface area contributed by atoms with Gasteiger partial charge >= 0.3 is 5.97 Å². The van der Waals surface area contributed by atoms with Crippen molar-refractivity contribution in [3.8, 4) is 11.5 Å². The number of aliphatic hydroxyl groups is 1. The number of fused-ring (bicyclic) bond motifs is 1. The largest absolute Gasteiger partial charge is 0.506 e. The van der Waals surface area contributed by atoms with Crippen LogP contribution in [-0.4, -0.2) is 35.2 Å². The van der Waals surface area contributed by atoms with Crippen LogP contribution in [0, 0.1) is 0 Å². The van der Waals surface area contributed by atoms with Gasteiger partial charge in [0.1, 0.15) is 23.0 Å². The number of nitrogens with zero attached hydrogens (tertiary/aromatic N) is 1. The molecule has 0 bridgehead atoms. The van der Waals surface area contributed by atoms with Gasteiger partial charge in [-0.25, -0.2) is 9.79 Å². The van der Waals surface area contributed by atoms with Gasteiger partial charge < -0.3 is 19.3 Å². The minimum atomic E-state index is -0.752. The van der Waals surface area contributed by atoms with E-state index < -0.39 is 11.9 Å². The molecule has 1 aliphatic heterocycles. The fraction of sp³-hybridized carbons (Fsp3) is 0.147. The van der Waals surface area contributed by atoms with E-state index in [1.54, 1.807) is 49.4 Å². The second-order valence-electron chi connectivity index (χ2n) is 9.21. The van der Waals surface area contributed by atoms with Gasteiger partial charge in [0.05, 0.1) is 18.1 Å². The van der Waals surface area contributed by atoms with E-state index in [2.05, 4.69) is 23.2 Å².